The minimum Gasteiger partial charge on any atom is -0.206 e. The van der Waals surface area contributed by atoms with E-state index in [1.54, 1.807) is 31.2 Å². The van der Waals surface area contributed by atoms with Gasteiger partial charge in [-0.25, -0.2) is 8.78 Å². The van der Waals surface area contributed by atoms with Crippen LogP contribution >= 0.6 is 34.8 Å². The number of benzene rings is 2. The van der Waals surface area contributed by atoms with Gasteiger partial charge < -0.3 is 0 Å². The van der Waals surface area contributed by atoms with Crippen molar-refractivity contribution < 1.29 is 8.78 Å². The van der Waals surface area contributed by atoms with Crippen molar-refractivity contribution >= 4 is 34.8 Å². The van der Waals surface area contributed by atoms with Crippen molar-refractivity contribution in [3.63, 3.8) is 0 Å². The third-order valence-electron chi connectivity index (χ3n) is 3.50. The zero-order chi connectivity index (χ0) is 17.4. The fraction of sp³-hybridized carbons (Fsp3) is 0.0588. The zero-order valence-corrected chi connectivity index (χ0v) is 14.5. The van der Waals surface area contributed by atoms with Crippen molar-refractivity contribution in [2.75, 3.05) is 0 Å². The van der Waals surface area contributed by atoms with Crippen molar-refractivity contribution in [2.45, 2.75) is 6.92 Å². The van der Waals surface area contributed by atoms with Gasteiger partial charge in [-0.3, -0.25) is 0 Å². The second kappa shape index (κ2) is 6.63. The number of halogens is 5. The summed E-state index contributed by atoms with van der Waals surface area (Å²) in [6, 6.07) is 8.83. The molecule has 2 nitrogen and oxygen atoms in total. The standard InChI is InChI=1S/C17H9Cl3F2N2/c1-8-14(9-2-4-10(18)5-3-9)16(17(20)24-23-8)15-12(21)6-11(19)7-13(15)22/h2-7H,1H3. The second-order valence-corrected chi connectivity index (χ2v) is 6.31. The van der Waals surface area contributed by atoms with Crippen molar-refractivity contribution in [1.29, 1.82) is 0 Å². The third-order valence-corrected chi connectivity index (χ3v) is 4.23. The molecule has 0 saturated heterocycles. The van der Waals surface area contributed by atoms with Crippen LogP contribution in [0.2, 0.25) is 15.2 Å². The average Bonchev–Trinajstić information content (AvgIpc) is 2.51. The molecule has 1 aromatic heterocycles. The number of nitrogens with zero attached hydrogens (tertiary/aromatic N) is 2. The quantitative estimate of drug-likeness (QED) is 0.513. The highest BCUT2D eigenvalue weighted by Gasteiger charge is 2.23. The van der Waals surface area contributed by atoms with E-state index in [2.05, 4.69) is 10.2 Å². The molecule has 0 saturated carbocycles. The summed E-state index contributed by atoms with van der Waals surface area (Å²) in [6.07, 6.45) is 0. The first-order valence-electron chi connectivity index (χ1n) is 6.82. The summed E-state index contributed by atoms with van der Waals surface area (Å²) < 4.78 is 28.8. The van der Waals surface area contributed by atoms with Gasteiger partial charge in [-0.15, -0.1) is 5.10 Å². The van der Waals surface area contributed by atoms with Gasteiger partial charge in [-0.2, -0.15) is 5.10 Å². The molecule has 0 bridgehead atoms. The monoisotopic (exact) mass is 384 g/mol. The molecule has 0 spiro atoms. The van der Waals surface area contributed by atoms with Gasteiger partial charge >= 0.3 is 0 Å². The molecule has 0 atom stereocenters. The molecule has 1 heterocycles. The van der Waals surface area contributed by atoms with Crippen molar-refractivity contribution in [1.82, 2.24) is 10.2 Å². The molecule has 0 radical (unpaired) electrons. The van der Waals surface area contributed by atoms with Gasteiger partial charge in [0, 0.05) is 21.2 Å². The molecular formula is C17H9Cl3F2N2. The molecule has 0 N–H and O–H groups in total. The summed E-state index contributed by atoms with van der Waals surface area (Å²) in [7, 11) is 0. The van der Waals surface area contributed by atoms with Crippen LogP contribution in [0.5, 0.6) is 0 Å². The number of aromatic nitrogens is 2. The normalized spacial score (nSPS) is 10.9. The van der Waals surface area contributed by atoms with Crippen LogP contribution in [0.4, 0.5) is 8.78 Å². The van der Waals surface area contributed by atoms with Crippen LogP contribution in [-0.2, 0) is 0 Å². The van der Waals surface area contributed by atoms with Crippen LogP contribution in [0, 0.1) is 18.6 Å². The minimum absolute atomic E-state index is 0.0448. The minimum atomic E-state index is -0.829. The number of aryl methyl sites for hydroxylation is 1. The van der Waals surface area contributed by atoms with Crippen LogP contribution in [0.1, 0.15) is 5.69 Å². The largest absolute Gasteiger partial charge is 0.206 e. The predicted octanol–water partition coefficient (Wildman–Crippen LogP) is 6.36. The molecule has 3 rings (SSSR count). The Labute approximate surface area is 152 Å². The van der Waals surface area contributed by atoms with E-state index in [0.717, 1.165) is 12.1 Å². The third kappa shape index (κ3) is 3.09. The van der Waals surface area contributed by atoms with E-state index in [4.69, 9.17) is 34.8 Å². The Morgan fingerprint density at radius 1 is 0.750 bits per heavy atom. The van der Waals surface area contributed by atoms with E-state index in [-0.39, 0.29) is 21.3 Å². The Bertz CT molecular complexity index is 905. The molecule has 122 valence electrons. The summed E-state index contributed by atoms with van der Waals surface area (Å²) in [5.41, 5.74) is 1.44. The summed E-state index contributed by atoms with van der Waals surface area (Å²) in [5, 5.41) is 8.13. The molecule has 24 heavy (non-hydrogen) atoms. The topological polar surface area (TPSA) is 25.8 Å². The number of rotatable bonds is 2. The van der Waals surface area contributed by atoms with Crippen molar-refractivity contribution in [2.24, 2.45) is 0 Å². The smallest absolute Gasteiger partial charge is 0.160 e. The molecule has 3 aromatic rings. The first kappa shape index (κ1) is 17.1. The van der Waals surface area contributed by atoms with Crippen molar-refractivity contribution in [3.05, 3.63) is 68.9 Å². The Hall–Kier alpha value is -1.75. The Balaban J connectivity index is 2.37. The number of hydrogen-bond acceptors (Lipinski definition) is 2. The Kier molecular flexibility index (Phi) is 4.72. The lowest BCUT2D eigenvalue weighted by atomic mass is 9.94. The lowest BCUT2D eigenvalue weighted by Gasteiger charge is -2.15. The highest BCUT2D eigenvalue weighted by molar-refractivity contribution is 6.33. The van der Waals surface area contributed by atoms with Crippen molar-refractivity contribution in [3.8, 4) is 22.3 Å². The molecule has 0 aliphatic rings. The maximum absolute atomic E-state index is 14.4. The molecule has 0 aliphatic carbocycles. The van der Waals surface area contributed by atoms with E-state index >= 15 is 0 Å². The van der Waals surface area contributed by atoms with Crippen LogP contribution in [0.15, 0.2) is 36.4 Å². The Morgan fingerprint density at radius 3 is 1.92 bits per heavy atom. The van der Waals surface area contributed by atoms with Gasteiger partial charge in [-0.1, -0.05) is 46.9 Å². The second-order valence-electron chi connectivity index (χ2n) is 5.08. The fourth-order valence-electron chi connectivity index (χ4n) is 2.48. The van der Waals surface area contributed by atoms with E-state index in [9.17, 15) is 8.78 Å². The molecular weight excluding hydrogens is 377 g/mol. The predicted molar refractivity (Wildman–Crippen MR) is 92.6 cm³/mol. The van der Waals surface area contributed by atoms with Crippen LogP contribution in [0.3, 0.4) is 0 Å². The number of hydrogen-bond donors (Lipinski definition) is 0. The molecule has 0 aliphatic heterocycles. The molecule has 2 aromatic carbocycles. The maximum atomic E-state index is 14.4. The first-order valence-corrected chi connectivity index (χ1v) is 7.95. The fourth-order valence-corrected chi connectivity index (χ4v) is 3.03. The summed E-state index contributed by atoms with van der Waals surface area (Å²) in [4.78, 5) is 0. The van der Waals surface area contributed by atoms with Gasteiger partial charge in [-0.05, 0) is 36.8 Å². The molecule has 0 amide bonds. The van der Waals surface area contributed by atoms with E-state index < -0.39 is 11.6 Å². The summed E-state index contributed by atoms with van der Waals surface area (Å²) in [6.45, 7) is 1.68. The summed E-state index contributed by atoms with van der Waals surface area (Å²) >= 11 is 17.7. The average molecular weight is 386 g/mol. The Morgan fingerprint density at radius 2 is 1.33 bits per heavy atom. The molecule has 7 heteroatoms. The van der Waals surface area contributed by atoms with E-state index in [0.29, 0.717) is 21.8 Å². The zero-order valence-electron chi connectivity index (χ0n) is 12.2. The van der Waals surface area contributed by atoms with Gasteiger partial charge in [0.2, 0.25) is 0 Å². The molecule has 0 unspecified atom stereocenters. The highest BCUT2D eigenvalue weighted by atomic mass is 35.5. The van der Waals surface area contributed by atoms with Gasteiger partial charge in [0.05, 0.1) is 11.3 Å². The highest BCUT2D eigenvalue weighted by Crippen LogP contribution is 2.41. The first-order chi connectivity index (χ1) is 11.4. The van der Waals surface area contributed by atoms with Crippen LogP contribution < -0.4 is 0 Å². The molecule has 0 fully saturated rings. The van der Waals surface area contributed by atoms with Crippen LogP contribution in [0.25, 0.3) is 22.3 Å². The van der Waals surface area contributed by atoms with Gasteiger partial charge in [0.1, 0.15) is 11.6 Å². The van der Waals surface area contributed by atoms with Crippen LogP contribution in [-0.4, -0.2) is 10.2 Å². The SMILES string of the molecule is Cc1nnc(Cl)c(-c2c(F)cc(Cl)cc2F)c1-c1ccc(Cl)cc1. The van der Waals surface area contributed by atoms with Gasteiger partial charge in [0.25, 0.3) is 0 Å². The van der Waals surface area contributed by atoms with E-state index in [1.165, 1.54) is 0 Å². The van der Waals surface area contributed by atoms with Gasteiger partial charge in [0.15, 0.2) is 5.15 Å². The van der Waals surface area contributed by atoms with E-state index in [1.807, 2.05) is 0 Å². The maximum Gasteiger partial charge on any atom is 0.160 e. The lowest BCUT2D eigenvalue weighted by Crippen LogP contribution is -2.00. The lowest BCUT2D eigenvalue weighted by molar-refractivity contribution is 0.589. The summed E-state index contributed by atoms with van der Waals surface area (Å²) in [5.74, 6) is -1.66.